The maximum Gasteiger partial charge on any atom is 0.301 e. The Morgan fingerprint density at radius 3 is 2.54 bits per heavy atom. The van der Waals surface area contributed by atoms with Crippen LogP contribution in [-0.4, -0.2) is 14.8 Å². The quantitative estimate of drug-likeness (QED) is 0.429. The summed E-state index contributed by atoms with van der Waals surface area (Å²) in [6, 6.07) is 12.8. The molecule has 0 aliphatic rings. The van der Waals surface area contributed by atoms with Crippen LogP contribution in [0.1, 0.15) is 5.69 Å². The minimum absolute atomic E-state index is 0.174. The Bertz CT molecular complexity index is 1210. The normalized spacial score (nSPS) is 11.4. The number of H-pyrrole nitrogens is 1. The molecule has 28 heavy (non-hydrogen) atoms. The topological polar surface area (TPSA) is 75.4 Å². The molecule has 2 aromatic carbocycles. The maximum atomic E-state index is 13.0. The second-order valence-corrected chi connectivity index (χ2v) is 7.20. The van der Waals surface area contributed by atoms with Gasteiger partial charge in [0.25, 0.3) is 0 Å². The average molecular weight is 414 g/mol. The number of hydrogen-bond acceptors (Lipinski definition) is 5. The summed E-state index contributed by atoms with van der Waals surface area (Å²) in [6.45, 7) is 1.73. The van der Waals surface area contributed by atoms with E-state index < -0.39 is 0 Å². The number of rotatable bonds is 4. The molecule has 4 aromatic rings. The van der Waals surface area contributed by atoms with E-state index >= 15 is 0 Å². The fourth-order valence-corrected chi connectivity index (χ4v) is 3.44. The number of aromatic amines is 1. The van der Waals surface area contributed by atoms with Crippen molar-refractivity contribution in [3.8, 4) is 16.4 Å². The molecule has 0 aliphatic carbocycles. The number of hydrogen-bond donors (Lipinski definition) is 1. The molecule has 0 amide bonds. The van der Waals surface area contributed by atoms with Crippen LogP contribution in [0.3, 0.4) is 0 Å². The van der Waals surface area contributed by atoms with Crippen molar-refractivity contribution in [1.82, 2.24) is 14.8 Å². The molecule has 0 atom stereocenters. The smallest absolute Gasteiger partial charge is 0.291 e. The highest BCUT2D eigenvalue weighted by Crippen LogP contribution is 2.26. The first kappa shape index (κ1) is 18.3. The first-order valence-corrected chi connectivity index (χ1v) is 9.48. The monoisotopic (exact) mass is 413 g/mol. The van der Waals surface area contributed by atoms with E-state index in [9.17, 15) is 9.18 Å². The minimum atomic E-state index is -0.362. The summed E-state index contributed by atoms with van der Waals surface area (Å²) in [6.07, 6.45) is 0. The van der Waals surface area contributed by atoms with Gasteiger partial charge in [-0.2, -0.15) is 9.80 Å². The second kappa shape index (κ2) is 7.49. The molecule has 0 spiro atoms. The van der Waals surface area contributed by atoms with Gasteiger partial charge in [-0.25, -0.2) is 9.37 Å². The lowest BCUT2D eigenvalue weighted by atomic mass is 10.2. The van der Waals surface area contributed by atoms with Crippen LogP contribution in [0.5, 0.6) is 0 Å². The summed E-state index contributed by atoms with van der Waals surface area (Å²) >= 11 is 7.24. The van der Waals surface area contributed by atoms with Crippen LogP contribution in [0, 0.1) is 12.7 Å². The van der Waals surface area contributed by atoms with Crippen molar-refractivity contribution in [2.45, 2.75) is 6.92 Å². The first-order valence-electron chi connectivity index (χ1n) is 8.22. The molecular weight excluding hydrogens is 401 g/mol. The van der Waals surface area contributed by atoms with Crippen LogP contribution in [0.2, 0.25) is 5.02 Å². The third kappa shape index (κ3) is 3.64. The Balaban J connectivity index is 1.65. The fraction of sp³-hybridized carbons (Fsp3) is 0.0526. The molecule has 9 heteroatoms. The Labute approximate surface area is 168 Å². The third-order valence-corrected chi connectivity index (χ3v) is 5.03. The molecule has 1 N–H and O–H groups in total. The predicted molar refractivity (Wildman–Crippen MR) is 108 cm³/mol. The zero-order chi connectivity index (χ0) is 19.7. The van der Waals surface area contributed by atoms with Crippen LogP contribution < -0.4 is 5.56 Å². The fourth-order valence-electron chi connectivity index (χ4n) is 2.53. The first-order chi connectivity index (χ1) is 13.5. The molecule has 0 fully saturated rings. The molecule has 0 saturated carbocycles. The van der Waals surface area contributed by atoms with E-state index in [-0.39, 0.29) is 17.1 Å². The van der Waals surface area contributed by atoms with Crippen LogP contribution in [0.15, 0.2) is 68.9 Å². The molecular formula is C19H13ClFN5OS. The molecule has 140 valence electrons. The van der Waals surface area contributed by atoms with E-state index in [1.807, 2.05) is 17.5 Å². The predicted octanol–water partition coefficient (Wildman–Crippen LogP) is 5.81. The number of halogens is 2. The number of nitrogens with one attached hydrogen (secondary N) is 1. The SMILES string of the molecule is Cc1[nH]n(-c2nc(-c3ccc(Cl)cc3)cs2)c(=O)c1N=Nc1ccc(F)cc1. The van der Waals surface area contributed by atoms with Crippen molar-refractivity contribution in [3.05, 3.63) is 80.8 Å². The molecule has 4 rings (SSSR count). The van der Waals surface area contributed by atoms with Gasteiger partial charge < -0.3 is 0 Å². The number of nitrogens with zero attached hydrogens (tertiary/aromatic N) is 4. The van der Waals surface area contributed by atoms with Gasteiger partial charge in [0.1, 0.15) is 5.82 Å². The molecule has 6 nitrogen and oxygen atoms in total. The van der Waals surface area contributed by atoms with Crippen molar-refractivity contribution >= 4 is 34.3 Å². The third-order valence-electron chi connectivity index (χ3n) is 3.96. The van der Waals surface area contributed by atoms with E-state index in [0.717, 1.165) is 11.3 Å². The summed E-state index contributed by atoms with van der Waals surface area (Å²) in [5.41, 5.74) is 2.46. The van der Waals surface area contributed by atoms with Crippen molar-refractivity contribution in [3.63, 3.8) is 0 Å². The zero-order valence-corrected chi connectivity index (χ0v) is 16.1. The highest BCUT2D eigenvalue weighted by Gasteiger charge is 2.15. The van der Waals surface area contributed by atoms with E-state index in [0.29, 0.717) is 21.5 Å². The lowest BCUT2D eigenvalue weighted by Gasteiger charge is -1.97. The summed E-state index contributed by atoms with van der Waals surface area (Å²) in [5, 5.41) is 14.0. The van der Waals surface area contributed by atoms with Gasteiger partial charge in [0.15, 0.2) is 5.69 Å². The Kier molecular flexibility index (Phi) is 4.89. The molecule has 0 saturated heterocycles. The number of azo groups is 1. The highest BCUT2D eigenvalue weighted by atomic mass is 35.5. The maximum absolute atomic E-state index is 13.0. The van der Waals surface area contributed by atoms with Crippen LogP contribution in [-0.2, 0) is 0 Å². The lowest BCUT2D eigenvalue weighted by Crippen LogP contribution is -2.13. The number of benzene rings is 2. The summed E-state index contributed by atoms with van der Waals surface area (Å²) in [7, 11) is 0. The Hall–Kier alpha value is -3.10. The van der Waals surface area contributed by atoms with Crippen LogP contribution >= 0.6 is 22.9 Å². The van der Waals surface area contributed by atoms with Gasteiger partial charge in [0.2, 0.25) is 5.13 Å². The van der Waals surface area contributed by atoms with Crippen molar-refractivity contribution in [2.75, 3.05) is 0 Å². The zero-order valence-electron chi connectivity index (χ0n) is 14.6. The molecule has 0 radical (unpaired) electrons. The van der Waals surface area contributed by atoms with Gasteiger partial charge >= 0.3 is 5.56 Å². The number of thiazole rings is 1. The van der Waals surface area contributed by atoms with E-state index in [4.69, 9.17) is 11.6 Å². The van der Waals surface area contributed by atoms with Crippen LogP contribution in [0.25, 0.3) is 16.4 Å². The molecule has 2 aromatic heterocycles. The second-order valence-electron chi connectivity index (χ2n) is 5.92. The van der Waals surface area contributed by atoms with Crippen molar-refractivity contribution in [1.29, 1.82) is 0 Å². The minimum Gasteiger partial charge on any atom is -0.291 e. The number of aryl methyl sites for hydroxylation is 1. The number of aromatic nitrogens is 3. The molecule has 2 heterocycles. The molecule has 0 unspecified atom stereocenters. The largest absolute Gasteiger partial charge is 0.301 e. The molecule has 0 bridgehead atoms. The summed E-state index contributed by atoms with van der Waals surface area (Å²) < 4.78 is 14.3. The average Bonchev–Trinajstić information content (AvgIpc) is 3.27. The Morgan fingerprint density at radius 2 is 1.82 bits per heavy atom. The summed E-state index contributed by atoms with van der Waals surface area (Å²) in [4.78, 5) is 17.2. The van der Waals surface area contributed by atoms with Gasteiger partial charge in [-0.15, -0.1) is 16.5 Å². The van der Waals surface area contributed by atoms with Gasteiger partial charge in [-0.05, 0) is 43.3 Å². The van der Waals surface area contributed by atoms with Gasteiger partial charge in [-0.1, -0.05) is 23.7 Å². The van der Waals surface area contributed by atoms with E-state index in [1.54, 1.807) is 19.1 Å². The lowest BCUT2D eigenvalue weighted by molar-refractivity contribution is 0.628. The summed E-state index contributed by atoms with van der Waals surface area (Å²) in [5.74, 6) is -0.362. The van der Waals surface area contributed by atoms with Gasteiger partial charge in [0, 0.05) is 16.0 Å². The van der Waals surface area contributed by atoms with E-state index in [1.165, 1.54) is 40.3 Å². The van der Waals surface area contributed by atoms with Crippen LogP contribution in [0.4, 0.5) is 15.8 Å². The Morgan fingerprint density at radius 1 is 1.11 bits per heavy atom. The van der Waals surface area contributed by atoms with Crippen molar-refractivity contribution < 1.29 is 4.39 Å². The van der Waals surface area contributed by atoms with E-state index in [2.05, 4.69) is 20.3 Å². The molecule has 0 aliphatic heterocycles. The van der Waals surface area contributed by atoms with Crippen molar-refractivity contribution in [2.24, 2.45) is 10.2 Å². The van der Waals surface area contributed by atoms with Gasteiger partial charge in [-0.3, -0.25) is 9.89 Å². The standard InChI is InChI=1S/C19H13ClFN5OS/c1-11-17(24-23-15-8-6-14(21)7-9-15)18(27)26(25-11)19-22-16(10-28-19)12-2-4-13(20)5-3-12/h2-10,25H,1H3. The van der Waals surface area contributed by atoms with Gasteiger partial charge in [0.05, 0.1) is 17.1 Å². The highest BCUT2D eigenvalue weighted by molar-refractivity contribution is 7.12.